The van der Waals surface area contributed by atoms with Gasteiger partial charge in [0.2, 0.25) is 0 Å². The Morgan fingerprint density at radius 1 is 1.05 bits per heavy atom. The van der Waals surface area contributed by atoms with E-state index in [1.54, 1.807) is 0 Å². The predicted octanol–water partition coefficient (Wildman–Crippen LogP) is 5.20. The average Bonchev–Trinajstić information content (AvgIpc) is 2.80. The normalized spacial score (nSPS) is 19.0. The van der Waals surface area contributed by atoms with Crippen LogP contribution in [-0.4, -0.2) is 19.7 Å². The Kier molecular flexibility index (Phi) is 8.92. The van der Waals surface area contributed by atoms with Crippen LogP contribution in [0.4, 0.5) is 0 Å². The highest BCUT2D eigenvalue weighted by molar-refractivity contribution is 6.30. The zero-order valence-electron chi connectivity index (χ0n) is 13.7. The lowest BCUT2D eigenvalue weighted by Gasteiger charge is -2.13. The Bertz CT molecular complexity index is 385. The van der Waals surface area contributed by atoms with E-state index in [-0.39, 0.29) is 0 Å². The van der Waals surface area contributed by atoms with Gasteiger partial charge in [-0.25, -0.2) is 0 Å². The van der Waals surface area contributed by atoms with Crippen molar-refractivity contribution in [2.75, 3.05) is 19.7 Å². The van der Waals surface area contributed by atoms with Gasteiger partial charge in [-0.2, -0.15) is 0 Å². The van der Waals surface area contributed by atoms with E-state index >= 15 is 0 Å². The second-order valence-electron chi connectivity index (χ2n) is 6.45. The second-order valence-corrected chi connectivity index (χ2v) is 6.88. The maximum Gasteiger partial charge on any atom is 0.0716 e. The molecule has 3 heteroatoms. The van der Waals surface area contributed by atoms with Gasteiger partial charge in [0.05, 0.1) is 6.61 Å². The lowest BCUT2D eigenvalue weighted by Crippen LogP contribution is -2.20. The van der Waals surface area contributed by atoms with Crippen LogP contribution in [0.15, 0.2) is 24.3 Å². The van der Waals surface area contributed by atoms with Gasteiger partial charge in [0.15, 0.2) is 0 Å². The molecular weight excluding hydrogens is 294 g/mol. The van der Waals surface area contributed by atoms with Crippen LogP contribution >= 0.6 is 11.6 Å². The number of hydrogen-bond donors (Lipinski definition) is 1. The van der Waals surface area contributed by atoms with Gasteiger partial charge in [-0.15, -0.1) is 0 Å². The second kappa shape index (κ2) is 11.0. The highest BCUT2D eigenvalue weighted by atomic mass is 35.5. The fourth-order valence-corrected chi connectivity index (χ4v) is 3.22. The molecule has 0 radical (unpaired) electrons. The first-order chi connectivity index (χ1) is 10.8. The molecule has 1 fully saturated rings. The van der Waals surface area contributed by atoms with Gasteiger partial charge in [-0.3, -0.25) is 0 Å². The van der Waals surface area contributed by atoms with Gasteiger partial charge >= 0.3 is 0 Å². The van der Waals surface area contributed by atoms with Crippen LogP contribution in [0.5, 0.6) is 0 Å². The molecule has 1 heterocycles. The molecule has 1 atom stereocenters. The minimum atomic E-state index is 0.699. The smallest absolute Gasteiger partial charge is 0.0716 e. The van der Waals surface area contributed by atoms with E-state index in [0.29, 0.717) is 6.61 Å². The minimum absolute atomic E-state index is 0.699. The molecule has 2 rings (SSSR count). The largest absolute Gasteiger partial charge is 0.377 e. The summed E-state index contributed by atoms with van der Waals surface area (Å²) in [5.41, 5.74) is 1.20. The molecule has 0 aliphatic carbocycles. The fourth-order valence-electron chi connectivity index (χ4n) is 3.10. The number of nitrogens with one attached hydrogen (secondary N) is 1. The topological polar surface area (TPSA) is 21.3 Å². The molecule has 2 nitrogen and oxygen atoms in total. The van der Waals surface area contributed by atoms with E-state index in [1.165, 1.54) is 70.0 Å². The molecule has 1 aliphatic heterocycles. The van der Waals surface area contributed by atoms with Crippen molar-refractivity contribution in [3.05, 3.63) is 34.9 Å². The van der Waals surface area contributed by atoms with Gasteiger partial charge in [0, 0.05) is 11.6 Å². The van der Waals surface area contributed by atoms with Crippen molar-refractivity contribution in [2.45, 2.75) is 58.0 Å². The lowest BCUT2D eigenvalue weighted by atomic mass is 9.96. The van der Waals surface area contributed by atoms with E-state index in [9.17, 15) is 0 Å². The molecule has 22 heavy (non-hydrogen) atoms. The van der Waals surface area contributed by atoms with Crippen LogP contribution in [0, 0.1) is 5.92 Å². The van der Waals surface area contributed by atoms with Crippen molar-refractivity contribution < 1.29 is 4.74 Å². The van der Waals surface area contributed by atoms with Crippen LogP contribution in [-0.2, 0) is 11.3 Å². The van der Waals surface area contributed by atoms with E-state index in [4.69, 9.17) is 16.3 Å². The van der Waals surface area contributed by atoms with Crippen LogP contribution in [0.2, 0.25) is 5.02 Å². The molecule has 0 spiro atoms. The number of unbranched alkanes of at least 4 members (excludes halogenated alkanes) is 3. The number of halogens is 1. The molecule has 124 valence electrons. The van der Waals surface area contributed by atoms with Gasteiger partial charge in [0.1, 0.15) is 0 Å². The van der Waals surface area contributed by atoms with Crippen LogP contribution in [0.3, 0.4) is 0 Å². The Morgan fingerprint density at radius 2 is 1.86 bits per heavy atom. The maximum absolute atomic E-state index is 5.86. The average molecular weight is 324 g/mol. The van der Waals surface area contributed by atoms with Gasteiger partial charge in [-0.05, 0) is 62.4 Å². The number of ether oxygens (including phenoxy) is 1. The standard InChI is InChI=1S/C19H30ClNO/c20-19-11-9-18(10-12-19)16-22-14-6-2-1-3-7-17-8-4-5-13-21-15-17/h9-12,17,21H,1-8,13-16H2. The van der Waals surface area contributed by atoms with Crippen LogP contribution in [0.1, 0.15) is 56.9 Å². The minimum Gasteiger partial charge on any atom is -0.377 e. The molecule has 1 unspecified atom stereocenters. The molecule has 1 N–H and O–H groups in total. The SMILES string of the molecule is Clc1ccc(COCCCCCCC2CCCCNC2)cc1. The third-order valence-electron chi connectivity index (χ3n) is 4.48. The van der Waals surface area contributed by atoms with Gasteiger partial charge in [0.25, 0.3) is 0 Å². The molecular formula is C19H30ClNO. The fraction of sp³-hybridized carbons (Fsp3) is 0.684. The molecule has 0 saturated carbocycles. The molecule has 1 saturated heterocycles. The summed E-state index contributed by atoms with van der Waals surface area (Å²) in [5, 5.41) is 4.34. The molecule has 0 amide bonds. The van der Waals surface area contributed by atoms with E-state index in [2.05, 4.69) is 5.32 Å². The van der Waals surface area contributed by atoms with Gasteiger partial charge in [-0.1, -0.05) is 49.4 Å². The lowest BCUT2D eigenvalue weighted by molar-refractivity contribution is 0.116. The van der Waals surface area contributed by atoms with Gasteiger partial charge < -0.3 is 10.1 Å². The first-order valence-electron chi connectivity index (χ1n) is 8.87. The summed E-state index contributed by atoms with van der Waals surface area (Å²) >= 11 is 5.86. The van der Waals surface area contributed by atoms with Crippen LogP contribution in [0.25, 0.3) is 0 Å². The van der Waals surface area contributed by atoms with Crippen molar-refractivity contribution in [3.63, 3.8) is 0 Å². The zero-order chi connectivity index (χ0) is 15.5. The Morgan fingerprint density at radius 3 is 2.73 bits per heavy atom. The zero-order valence-corrected chi connectivity index (χ0v) is 14.4. The Labute approximate surface area is 140 Å². The summed E-state index contributed by atoms with van der Waals surface area (Å²) in [4.78, 5) is 0. The summed E-state index contributed by atoms with van der Waals surface area (Å²) < 4.78 is 5.72. The monoisotopic (exact) mass is 323 g/mol. The summed E-state index contributed by atoms with van der Waals surface area (Å²) in [6.45, 7) is 4.03. The van der Waals surface area contributed by atoms with Crippen LogP contribution < -0.4 is 5.32 Å². The molecule has 1 aromatic carbocycles. The van der Waals surface area contributed by atoms with Crippen molar-refractivity contribution in [1.29, 1.82) is 0 Å². The summed E-state index contributed by atoms with van der Waals surface area (Å²) in [7, 11) is 0. The third-order valence-corrected chi connectivity index (χ3v) is 4.73. The summed E-state index contributed by atoms with van der Waals surface area (Å²) in [6, 6.07) is 7.90. The highest BCUT2D eigenvalue weighted by Gasteiger charge is 2.10. The Hall–Kier alpha value is -0.570. The molecule has 1 aliphatic rings. The van der Waals surface area contributed by atoms with E-state index in [0.717, 1.165) is 17.5 Å². The summed E-state index contributed by atoms with van der Waals surface area (Å²) in [6.07, 6.45) is 10.8. The maximum atomic E-state index is 5.86. The number of hydrogen-bond acceptors (Lipinski definition) is 2. The number of benzene rings is 1. The van der Waals surface area contributed by atoms with Crippen molar-refractivity contribution in [2.24, 2.45) is 5.92 Å². The van der Waals surface area contributed by atoms with Crippen molar-refractivity contribution >= 4 is 11.6 Å². The van der Waals surface area contributed by atoms with Crippen molar-refractivity contribution in [3.8, 4) is 0 Å². The summed E-state index contributed by atoms with van der Waals surface area (Å²) in [5.74, 6) is 0.920. The first kappa shape index (κ1) is 17.8. The highest BCUT2D eigenvalue weighted by Crippen LogP contribution is 2.18. The molecule has 0 aromatic heterocycles. The number of rotatable bonds is 9. The van der Waals surface area contributed by atoms with E-state index in [1.807, 2.05) is 24.3 Å². The van der Waals surface area contributed by atoms with Crippen molar-refractivity contribution in [1.82, 2.24) is 5.32 Å². The quantitative estimate of drug-likeness (QED) is 0.631. The molecule has 1 aromatic rings. The Balaban J connectivity index is 1.41. The van der Waals surface area contributed by atoms with E-state index < -0.39 is 0 Å². The molecule has 0 bridgehead atoms. The predicted molar refractivity (Wildman–Crippen MR) is 94.4 cm³/mol. The third kappa shape index (κ3) is 7.62. The first-order valence-corrected chi connectivity index (χ1v) is 9.25.